The fraction of sp³-hybridized carbons (Fsp3) is 0.875. The maximum absolute atomic E-state index is 10.3. The second-order valence-corrected chi connectivity index (χ2v) is 2.79. The summed E-state index contributed by atoms with van der Waals surface area (Å²) >= 11 is 0. The molecule has 0 radical (unpaired) electrons. The minimum absolute atomic E-state index is 0.0699. The molecule has 0 aliphatic rings. The Morgan fingerprint density at radius 2 is 2.00 bits per heavy atom. The van der Waals surface area contributed by atoms with Crippen LogP contribution in [0.3, 0.4) is 0 Å². The van der Waals surface area contributed by atoms with Gasteiger partial charge in [-0.05, 0) is 6.42 Å². The summed E-state index contributed by atoms with van der Waals surface area (Å²) in [6, 6.07) is 0. The number of carbonyl (C=O) groups excluding carboxylic acids is 1. The predicted molar refractivity (Wildman–Crippen MR) is 43.1 cm³/mol. The molecule has 0 aromatic carbocycles. The van der Waals surface area contributed by atoms with Crippen molar-refractivity contribution in [2.45, 2.75) is 45.5 Å². The van der Waals surface area contributed by atoms with Crippen molar-refractivity contribution in [1.82, 2.24) is 0 Å². The second kappa shape index (κ2) is 5.11. The standard InChI is InChI=1S/C8H16O4/c1-3-4-5-6-8(10,11)12-7(2)9/h10-11H,3-6H2,1-2H3. The van der Waals surface area contributed by atoms with Crippen LogP contribution in [-0.4, -0.2) is 22.2 Å². The molecule has 0 bridgehead atoms. The topological polar surface area (TPSA) is 66.8 Å². The smallest absolute Gasteiger partial charge is 0.324 e. The molecule has 0 heterocycles. The monoisotopic (exact) mass is 176 g/mol. The SMILES string of the molecule is CCCCCC(O)(O)OC(C)=O. The van der Waals surface area contributed by atoms with Gasteiger partial charge in [0.1, 0.15) is 0 Å². The molecule has 0 rings (SSSR count). The van der Waals surface area contributed by atoms with E-state index in [1.807, 2.05) is 6.92 Å². The fourth-order valence-electron chi connectivity index (χ4n) is 0.887. The van der Waals surface area contributed by atoms with Gasteiger partial charge >= 0.3 is 11.9 Å². The van der Waals surface area contributed by atoms with Crippen LogP contribution < -0.4 is 0 Å². The predicted octanol–water partition coefficient (Wildman–Crippen LogP) is 0.768. The Labute approximate surface area is 72.2 Å². The van der Waals surface area contributed by atoms with Gasteiger partial charge in [-0.25, -0.2) is 0 Å². The Morgan fingerprint density at radius 3 is 2.42 bits per heavy atom. The van der Waals surface area contributed by atoms with Crippen LogP contribution in [0.2, 0.25) is 0 Å². The van der Waals surface area contributed by atoms with Crippen LogP contribution in [0.15, 0.2) is 0 Å². The van der Waals surface area contributed by atoms with E-state index in [-0.39, 0.29) is 6.42 Å². The van der Waals surface area contributed by atoms with Crippen LogP contribution in [0.25, 0.3) is 0 Å². The molecule has 0 aromatic heterocycles. The van der Waals surface area contributed by atoms with Crippen molar-refractivity contribution in [3.63, 3.8) is 0 Å². The minimum Gasteiger partial charge on any atom is -0.408 e. The molecule has 0 fully saturated rings. The molecule has 72 valence electrons. The molecule has 0 atom stereocenters. The normalized spacial score (nSPS) is 11.3. The van der Waals surface area contributed by atoms with Gasteiger partial charge in [0, 0.05) is 13.3 Å². The second-order valence-electron chi connectivity index (χ2n) is 2.79. The average Bonchev–Trinajstić information content (AvgIpc) is 1.84. The first-order chi connectivity index (χ1) is 5.48. The Morgan fingerprint density at radius 1 is 1.42 bits per heavy atom. The molecule has 0 amide bonds. The summed E-state index contributed by atoms with van der Waals surface area (Å²) < 4.78 is 4.26. The van der Waals surface area contributed by atoms with Gasteiger partial charge in [-0.15, -0.1) is 0 Å². The number of esters is 1. The molecular weight excluding hydrogens is 160 g/mol. The summed E-state index contributed by atoms with van der Waals surface area (Å²) in [6.07, 6.45) is 2.58. The van der Waals surface area contributed by atoms with E-state index in [2.05, 4.69) is 4.74 Å². The van der Waals surface area contributed by atoms with E-state index in [0.717, 1.165) is 19.8 Å². The molecule has 4 heteroatoms. The zero-order valence-corrected chi connectivity index (χ0v) is 7.54. The Hall–Kier alpha value is -0.610. The van der Waals surface area contributed by atoms with Crippen LogP contribution in [0.1, 0.15) is 39.5 Å². The van der Waals surface area contributed by atoms with E-state index >= 15 is 0 Å². The molecule has 0 spiro atoms. The van der Waals surface area contributed by atoms with Gasteiger partial charge < -0.3 is 14.9 Å². The Balaban J connectivity index is 3.63. The molecule has 0 unspecified atom stereocenters. The molecule has 4 nitrogen and oxygen atoms in total. The van der Waals surface area contributed by atoms with Crippen molar-refractivity contribution in [3.8, 4) is 0 Å². The van der Waals surface area contributed by atoms with E-state index in [1.165, 1.54) is 0 Å². The number of unbranched alkanes of at least 4 members (excludes halogenated alkanes) is 2. The number of carbonyl (C=O) groups is 1. The van der Waals surface area contributed by atoms with Crippen molar-refractivity contribution in [2.24, 2.45) is 0 Å². The maximum Gasteiger partial charge on any atom is 0.324 e. The fourth-order valence-corrected chi connectivity index (χ4v) is 0.887. The minimum atomic E-state index is -2.28. The first kappa shape index (κ1) is 11.4. The molecule has 0 aliphatic carbocycles. The molecular formula is C8H16O4. The van der Waals surface area contributed by atoms with Crippen molar-refractivity contribution >= 4 is 5.97 Å². The van der Waals surface area contributed by atoms with Crippen LogP contribution >= 0.6 is 0 Å². The summed E-state index contributed by atoms with van der Waals surface area (Å²) in [5.41, 5.74) is 0. The van der Waals surface area contributed by atoms with E-state index in [1.54, 1.807) is 0 Å². The van der Waals surface area contributed by atoms with Crippen molar-refractivity contribution < 1.29 is 19.7 Å². The third-order valence-electron chi connectivity index (χ3n) is 1.41. The quantitative estimate of drug-likeness (QED) is 0.369. The third-order valence-corrected chi connectivity index (χ3v) is 1.41. The summed E-state index contributed by atoms with van der Waals surface area (Å²) in [4.78, 5) is 10.3. The van der Waals surface area contributed by atoms with Crippen LogP contribution in [0.5, 0.6) is 0 Å². The molecule has 12 heavy (non-hydrogen) atoms. The van der Waals surface area contributed by atoms with Gasteiger partial charge in [-0.2, -0.15) is 0 Å². The zero-order chi connectivity index (χ0) is 9.61. The van der Waals surface area contributed by atoms with E-state index in [4.69, 9.17) is 10.2 Å². The van der Waals surface area contributed by atoms with Gasteiger partial charge in [0.2, 0.25) is 0 Å². The van der Waals surface area contributed by atoms with E-state index < -0.39 is 11.9 Å². The lowest BCUT2D eigenvalue weighted by Gasteiger charge is -2.20. The van der Waals surface area contributed by atoms with E-state index in [9.17, 15) is 4.79 Å². The summed E-state index contributed by atoms with van der Waals surface area (Å²) in [5, 5.41) is 18.0. The highest BCUT2D eigenvalue weighted by atomic mass is 16.8. The van der Waals surface area contributed by atoms with Gasteiger partial charge in [0.15, 0.2) is 0 Å². The summed E-state index contributed by atoms with van der Waals surface area (Å²) in [5.74, 6) is -2.96. The Kier molecular flexibility index (Phi) is 4.85. The highest BCUT2D eigenvalue weighted by Crippen LogP contribution is 2.13. The number of rotatable bonds is 5. The highest BCUT2D eigenvalue weighted by Gasteiger charge is 2.25. The van der Waals surface area contributed by atoms with Gasteiger partial charge in [0.05, 0.1) is 0 Å². The van der Waals surface area contributed by atoms with Crippen molar-refractivity contribution in [3.05, 3.63) is 0 Å². The summed E-state index contributed by atoms with van der Waals surface area (Å²) in [6.45, 7) is 3.14. The van der Waals surface area contributed by atoms with Crippen molar-refractivity contribution in [2.75, 3.05) is 0 Å². The highest BCUT2D eigenvalue weighted by molar-refractivity contribution is 5.66. The number of hydrogen-bond acceptors (Lipinski definition) is 4. The van der Waals surface area contributed by atoms with Gasteiger partial charge in [-0.3, -0.25) is 4.79 Å². The summed E-state index contributed by atoms with van der Waals surface area (Å²) in [7, 11) is 0. The number of hydrogen-bond donors (Lipinski definition) is 2. The Bertz CT molecular complexity index is 142. The lowest BCUT2D eigenvalue weighted by Crippen LogP contribution is -2.33. The molecule has 2 N–H and O–H groups in total. The van der Waals surface area contributed by atoms with Crippen LogP contribution in [-0.2, 0) is 9.53 Å². The van der Waals surface area contributed by atoms with Crippen LogP contribution in [0.4, 0.5) is 0 Å². The third kappa shape index (κ3) is 6.12. The number of aliphatic hydroxyl groups is 2. The first-order valence-electron chi connectivity index (χ1n) is 4.12. The first-order valence-corrected chi connectivity index (χ1v) is 4.12. The maximum atomic E-state index is 10.3. The van der Waals surface area contributed by atoms with Crippen LogP contribution in [0, 0.1) is 0 Å². The zero-order valence-electron chi connectivity index (χ0n) is 7.54. The largest absolute Gasteiger partial charge is 0.408 e. The van der Waals surface area contributed by atoms with E-state index in [0.29, 0.717) is 6.42 Å². The lowest BCUT2D eigenvalue weighted by molar-refractivity contribution is -0.321. The molecule has 0 aliphatic heterocycles. The lowest BCUT2D eigenvalue weighted by atomic mass is 10.2. The molecule has 0 saturated carbocycles. The number of ether oxygens (including phenoxy) is 1. The average molecular weight is 176 g/mol. The van der Waals surface area contributed by atoms with Gasteiger partial charge in [-0.1, -0.05) is 19.8 Å². The van der Waals surface area contributed by atoms with Gasteiger partial charge in [0.25, 0.3) is 0 Å². The molecule has 0 aromatic rings. The molecule has 0 saturated heterocycles. The van der Waals surface area contributed by atoms with Crippen molar-refractivity contribution in [1.29, 1.82) is 0 Å².